The van der Waals surface area contributed by atoms with Crippen molar-refractivity contribution in [2.45, 2.75) is 13.0 Å². The zero-order valence-corrected chi connectivity index (χ0v) is 14.5. The predicted octanol–water partition coefficient (Wildman–Crippen LogP) is 3.41. The van der Waals surface area contributed by atoms with Crippen LogP contribution >= 0.6 is 11.6 Å². The van der Waals surface area contributed by atoms with Crippen molar-refractivity contribution in [2.24, 2.45) is 11.5 Å². The summed E-state index contributed by atoms with van der Waals surface area (Å²) in [6.07, 6.45) is 1.72. The molecular weight excluding hydrogens is 336 g/mol. The van der Waals surface area contributed by atoms with Crippen molar-refractivity contribution in [1.82, 2.24) is 4.98 Å². The smallest absolute Gasteiger partial charge is 0.250 e. The van der Waals surface area contributed by atoms with Crippen molar-refractivity contribution in [2.75, 3.05) is 11.9 Å². The average Bonchev–Trinajstić information content (AvgIpc) is 2.60. The first-order valence-corrected chi connectivity index (χ1v) is 8.29. The SMILES string of the molecule is Cc1cnc2c(C(N)=O)cccc2c1N[C@H](CN)c1cccc(Cl)c1. The number of benzene rings is 2. The van der Waals surface area contributed by atoms with Gasteiger partial charge in [-0.1, -0.05) is 35.9 Å². The molecule has 0 spiro atoms. The topological polar surface area (TPSA) is 94.0 Å². The minimum atomic E-state index is -0.502. The summed E-state index contributed by atoms with van der Waals surface area (Å²) in [4.78, 5) is 16.1. The fourth-order valence-corrected chi connectivity index (χ4v) is 3.09. The van der Waals surface area contributed by atoms with E-state index in [1.54, 1.807) is 18.3 Å². The molecule has 1 atom stereocenters. The van der Waals surface area contributed by atoms with E-state index in [0.717, 1.165) is 22.2 Å². The molecule has 0 unspecified atom stereocenters. The lowest BCUT2D eigenvalue weighted by atomic mass is 10.0. The Bertz CT molecular complexity index is 942. The van der Waals surface area contributed by atoms with Gasteiger partial charge in [-0.05, 0) is 36.2 Å². The summed E-state index contributed by atoms with van der Waals surface area (Å²) >= 11 is 6.10. The Morgan fingerprint density at radius 2 is 2.04 bits per heavy atom. The number of aromatic nitrogens is 1. The van der Waals surface area contributed by atoms with Crippen molar-refractivity contribution in [3.05, 3.63) is 70.4 Å². The molecule has 0 aliphatic heterocycles. The summed E-state index contributed by atoms with van der Waals surface area (Å²) in [7, 11) is 0. The standard InChI is InChI=1S/C19H19ClN4O/c1-11-10-23-18-14(6-3-7-15(18)19(22)25)17(11)24-16(9-21)12-4-2-5-13(20)8-12/h2-8,10,16H,9,21H2,1H3,(H2,22,25)(H,23,24)/t16-/m1/s1. The second kappa shape index (κ2) is 7.09. The number of anilines is 1. The highest BCUT2D eigenvalue weighted by Crippen LogP contribution is 2.31. The van der Waals surface area contributed by atoms with Crippen molar-refractivity contribution in [3.8, 4) is 0 Å². The molecule has 1 heterocycles. The Kier molecular flexibility index (Phi) is 4.88. The molecule has 0 fully saturated rings. The maximum Gasteiger partial charge on any atom is 0.250 e. The summed E-state index contributed by atoms with van der Waals surface area (Å²) in [5.74, 6) is -0.502. The fourth-order valence-electron chi connectivity index (χ4n) is 2.89. The van der Waals surface area contributed by atoms with Crippen molar-refractivity contribution >= 4 is 34.1 Å². The Morgan fingerprint density at radius 3 is 2.72 bits per heavy atom. The molecule has 128 valence electrons. The number of nitrogens with two attached hydrogens (primary N) is 2. The Labute approximate surface area is 151 Å². The molecule has 1 amide bonds. The number of halogens is 1. The lowest BCUT2D eigenvalue weighted by molar-refractivity contribution is 0.100. The first kappa shape index (κ1) is 17.2. The van der Waals surface area contributed by atoms with Gasteiger partial charge in [0.05, 0.1) is 17.1 Å². The molecule has 0 saturated heterocycles. The van der Waals surface area contributed by atoms with Crippen LogP contribution in [-0.2, 0) is 0 Å². The van der Waals surface area contributed by atoms with Crippen LogP contribution in [0.4, 0.5) is 5.69 Å². The monoisotopic (exact) mass is 354 g/mol. The van der Waals surface area contributed by atoms with Crippen molar-refractivity contribution in [3.63, 3.8) is 0 Å². The number of pyridine rings is 1. The van der Waals surface area contributed by atoms with Gasteiger partial charge in [0, 0.05) is 28.8 Å². The van der Waals surface area contributed by atoms with Crippen LogP contribution < -0.4 is 16.8 Å². The molecule has 0 bridgehead atoms. The minimum Gasteiger partial charge on any atom is -0.376 e. The van der Waals surface area contributed by atoms with Crippen LogP contribution in [0.25, 0.3) is 10.9 Å². The number of primary amides is 1. The van der Waals surface area contributed by atoms with E-state index in [-0.39, 0.29) is 6.04 Å². The van der Waals surface area contributed by atoms with E-state index in [0.29, 0.717) is 22.6 Å². The quantitative estimate of drug-likeness (QED) is 0.654. The van der Waals surface area contributed by atoms with Crippen LogP contribution in [0.1, 0.15) is 27.5 Å². The van der Waals surface area contributed by atoms with Gasteiger partial charge in [0.2, 0.25) is 0 Å². The lowest BCUT2D eigenvalue weighted by Gasteiger charge is -2.22. The van der Waals surface area contributed by atoms with Crippen molar-refractivity contribution in [1.29, 1.82) is 0 Å². The molecule has 0 saturated carbocycles. The molecule has 0 radical (unpaired) electrons. The van der Waals surface area contributed by atoms with E-state index in [1.807, 2.05) is 37.3 Å². The van der Waals surface area contributed by atoms with Gasteiger partial charge in [-0.25, -0.2) is 0 Å². The van der Waals surface area contributed by atoms with E-state index >= 15 is 0 Å². The highest BCUT2D eigenvalue weighted by atomic mass is 35.5. The summed E-state index contributed by atoms with van der Waals surface area (Å²) < 4.78 is 0. The van der Waals surface area contributed by atoms with Gasteiger partial charge in [0.1, 0.15) is 0 Å². The summed E-state index contributed by atoms with van der Waals surface area (Å²) in [6.45, 7) is 2.34. The Hall–Kier alpha value is -2.63. The number of aryl methyl sites for hydroxylation is 1. The number of nitrogens with zero attached hydrogens (tertiary/aromatic N) is 1. The number of carbonyl (C=O) groups is 1. The summed E-state index contributed by atoms with van der Waals surface area (Å²) in [5, 5.41) is 4.96. The maximum absolute atomic E-state index is 11.7. The van der Waals surface area contributed by atoms with Gasteiger partial charge in [0.15, 0.2) is 0 Å². The Balaban J connectivity index is 2.10. The summed E-state index contributed by atoms with van der Waals surface area (Å²) in [5.41, 5.74) is 15.2. The fraction of sp³-hybridized carbons (Fsp3) is 0.158. The van der Waals surface area contributed by atoms with Crippen LogP contribution in [0.2, 0.25) is 5.02 Å². The van der Waals surface area contributed by atoms with Crippen LogP contribution in [0.5, 0.6) is 0 Å². The van der Waals surface area contributed by atoms with Crippen LogP contribution in [0.3, 0.4) is 0 Å². The normalized spacial score (nSPS) is 12.1. The van der Waals surface area contributed by atoms with E-state index in [9.17, 15) is 4.79 Å². The molecule has 5 N–H and O–H groups in total. The minimum absolute atomic E-state index is 0.125. The zero-order valence-electron chi connectivity index (χ0n) is 13.8. The van der Waals surface area contributed by atoms with E-state index in [2.05, 4.69) is 10.3 Å². The predicted molar refractivity (Wildman–Crippen MR) is 102 cm³/mol. The first-order valence-electron chi connectivity index (χ1n) is 7.91. The van der Waals surface area contributed by atoms with Crippen LogP contribution in [-0.4, -0.2) is 17.4 Å². The number of rotatable bonds is 5. The van der Waals surface area contributed by atoms with Gasteiger partial charge in [-0.15, -0.1) is 0 Å². The number of nitrogens with one attached hydrogen (secondary N) is 1. The van der Waals surface area contributed by atoms with Crippen LogP contribution in [0.15, 0.2) is 48.7 Å². The number of hydrogen-bond donors (Lipinski definition) is 3. The molecule has 1 aromatic heterocycles. The van der Waals surface area contributed by atoms with E-state index in [1.165, 1.54) is 0 Å². The van der Waals surface area contributed by atoms with Crippen LogP contribution in [0, 0.1) is 6.92 Å². The van der Waals surface area contributed by atoms with Gasteiger partial charge in [0.25, 0.3) is 5.91 Å². The first-order chi connectivity index (χ1) is 12.0. The molecule has 0 aliphatic carbocycles. The van der Waals surface area contributed by atoms with Gasteiger partial charge < -0.3 is 16.8 Å². The highest BCUT2D eigenvalue weighted by Gasteiger charge is 2.16. The molecule has 5 nitrogen and oxygen atoms in total. The number of carbonyl (C=O) groups excluding carboxylic acids is 1. The third-order valence-corrected chi connectivity index (χ3v) is 4.39. The second-order valence-electron chi connectivity index (χ2n) is 5.87. The number of hydrogen-bond acceptors (Lipinski definition) is 4. The van der Waals surface area contributed by atoms with Gasteiger partial charge in [-0.2, -0.15) is 0 Å². The molecule has 25 heavy (non-hydrogen) atoms. The summed E-state index contributed by atoms with van der Waals surface area (Å²) in [6, 6.07) is 12.8. The molecule has 3 aromatic rings. The van der Waals surface area contributed by atoms with Gasteiger partial charge in [-0.3, -0.25) is 9.78 Å². The zero-order chi connectivity index (χ0) is 18.0. The maximum atomic E-state index is 11.7. The largest absolute Gasteiger partial charge is 0.376 e. The molecule has 6 heteroatoms. The number of para-hydroxylation sites is 1. The van der Waals surface area contributed by atoms with Gasteiger partial charge >= 0.3 is 0 Å². The molecule has 0 aliphatic rings. The molecular formula is C19H19ClN4O. The molecule has 2 aromatic carbocycles. The number of fused-ring (bicyclic) bond motifs is 1. The third-order valence-electron chi connectivity index (χ3n) is 4.16. The highest BCUT2D eigenvalue weighted by molar-refractivity contribution is 6.30. The van der Waals surface area contributed by atoms with E-state index in [4.69, 9.17) is 23.1 Å². The van der Waals surface area contributed by atoms with Crippen molar-refractivity contribution < 1.29 is 4.79 Å². The lowest BCUT2D eigenvalue weighted by Crippen LogP contribution is -2.21. The Morgan fingerprint density at radius 1 is 1.28 bits per heavy atom. The molecule has 3 rings (SSSR count). The van der Waals surface area contributed by atoms with E-state index < -0.39 is 5.91 Å². The third kappa shape index (κ3) is 3.43. The average molecular weight is 355 g/mol. The number of amides is 1. The second-order valence-corrected chi connectivity index (χ2v) is 6.31.